The van der Waals surface area contributed by atoms with Crippen molar-refractivity contribution >= 4 is 22.3 Å². The van der Waals surface area contributed by atoms with E-state index in [1.54, 1.807) is 49.5 Å². The van der Waals surface area contributed by atoms with Crippen LogP contribution >= 0.6 is 0 Å². The minimum atomic E-state index is -3.86. The molecular formula is C20H25N3O5S. The molecule has 0 unspecified atom stereocenters. The van der Waals surface area contributed by atoms with Gasteiger partial charge in [-0.15, -0.1) is 0 Å². The van der Waals surface area contributed by atoms with Crippen LogP contribution in [0.4, 0.5) is 0 Å². The molecule has 29 heavy (non-hydrogen) atoms. The Balaban J connectivity index is 1.90. The van der Waals surface area contributed by atoms with Gasteiger partial charge in [-0.1, -0.05) is 18.2 Å². The van der Waals surface area contributed by atoms with Gasteiger partial charge in [0.1, 0.15) is 6.29 Å². The maximum atomic E-state index is 13.4. The van der Waals surface area contributed by atoms with Crippen molar-refractivity contribution in [2.45, 2.75) is 50.0 Å². The van der Waals surface area contributed by atoms with E-state index in [9.17, 15) is 18.0 Å². The monoisotopic (exact) mass is 419 g/mol. The first kappa shape index (κ1) is 21.0. The lowest BCUT2D eigenvalue weighted by molar-refractivity contribution is -0.159. The Hall–Kier alpha value is -2.68. The summed E-state index contributed by atoms with van der Waals surface area (Å²) in [6.07, 6.45) is 5.49. The lowest BCUT2D eigenvalue weighted by Crippen LogP contribution is -2.52. The minimum absolute atomic E-state index is 0.0752. The summed E-state index contributed by atoms with van der Waals surface area (Å²) in [5, 5.41) is 4.14. The molecule has 1 saturated carbocycles. The highest BCUT2D eigenvalue weighted by molar-refractivity contribution is 7.92. The fourth-order valence-corrected chi connectivity index (χ4v) is 5.50. The SMILES string of the molecule is CCOC(=O)C1(CC=O)CCC(N(n2cccn2)S(=O)(=O)c2ccccc2)CC1. The highest BCUT2D eigenvalue weighted by atomic mass is 32.2. The number of sulfonamides is 1. The summed E-state index contributed by atoms with van der Waals surface area (Å²) in [6, 6.07) is 9.45. The van der Waals surface area contributed by atoms with Crippen LogP contribution in [0.3, 0.4) is 0 Å². The molecule has 0 aliphatic heterocycles. The topological polar surface area (TPSA) is 98.6 Å². The molecule has 9 heteroatoms. The number of aldehydes is 1. The number of benzene rings is 1. The van der Waals surface area contributed by atoms with Crippen LogP contribution in [0.25, 0.3) is 0 Å². The standard InChI is InChI=1S/C20H25N3O5S/c1-2-28-19(25)20(13-16-24)11-9-17(10-12-20)23(22-15-6-14-21-22)29(26,27)18-7-4-3-5-8-18/h3-8,14-17H,2,9-13H2,1H3. The Morgan fingerprint density at radius 3 is 2.52 bits per heavy atom. The van der Waals surface area contributed by atoms with Crippen LogP contribution in [0.5, 0.6) is 0 Å². The van der Waals surface area contributed by atoms with E-state index in [1.165, 1.54) is 15.4 Å². The van der Waals surface area contributed by atoms with E-state index >= 15 is 0 Å². The van der Waals surface area contributed by atoms with Crippen LogP contribution in [0.1, 0.15) is 39.0 Å². The van der Waals surface area contributed by atoms with Gasteiger partial charge in [-0.2, -0.15) is 22.7 Å². The summed E-state index contributed by atoms with van der Waals surface area (Å²) in [6.45, 7) is 1.97. The Morgan fingerprint density at radius 2 is 1.97 bits per heavy atom. The number of hydrogen-bond acceptors (Lipinski definition) is 6. The van der Waals surface area contributed by atoms with Crippen LogP contribution in [0.15, 0.2) is 53.7 Å². The van der Waals surface area contributed by atoms with Crippen molar-refractivity contribution in [2.24, 2.45) is 5.41 Å². The van der Waals surface area contributed by atoms with Crippen molar-refractivity contribution in [2.75, 3.05) is 11.0 Å². The van der Waals surface area contributed by atoms with Gasteiger partial charge >= 0.3 is 5.97 Å². The summed E-state index contributed by atoms with van der Waals surface area (Å²) >= 11 is 0. The zero-order valence-corrected chi connectivity index (χ0v) is 17.1. The molecule has 0 radical (unpaired) electrons. The van der Waals surface area contributed by atoms with Crippen molar-refractivity contribution in [1.82, 2.24) is 9.89 Å². The molecule has 1 aliphatic carbocycles. The predicted molar refractivity (Wildman–Crippen MR) is 106 cm³/mol. The highest BCUT2D eigenvalue weighted by Gasteiger charge is 2.46. The van der Waals surface area contributed by atoms with E-state index in [0.717, 1.165) is 6.29 Å². The van der Waals surface area contributed by atoms with Gasteiger partial charge in [-0.05, 0) is 50.8 Å². The van der Waals surface area contributed by atoms with Crippen LogP contribution in [0.2, 0.25) is 0 Å². The summed E-state index contributed by atoms with van der Waals surface area (Å²) in [5.41, 5.74) is -0.888. The summed E-state index contributed by atoms with van der Waals surface area (Å²) in [5.74, 6) is -0.387. The predicted octanol–water partition coefficient (Wildman–Crippen LogP) is 2.29. The first-order valence-electron chi connectivity index (χ1n) is 9.65. The number of esters is 1. The number of carbonyl (C=O) groups excluding carboxylic acids is 2. The fourth-order valence-electron chi connectivity index (χ4n) is 3.86. The van der Waals surface area contributed by atoms with E-state index in [-0.39, 0.29) is 23.9 Å². The minimum Gasteiger partial charge on any atom is -0.466 e. The molecule has 0 amide bonds. The number of hydrogen-bond donors (Lipinski definition) is 0. The number of nitrogens with zero attached hydrogens (tertiary/aromatic N) is 3. The van der Waals surface area contributed by atoms with E-state index in [1.807, 2.05) is 0 Å². The highest BCUT2D eigenvalue weighted by Crippen LogP contribution is 2.42. The molecule has 1 heterocycles. The van der Waals surface area contributed by atoms with Gasteiger partial charge < -0.3 is 9.53 Å². The maximum Gasteiger partial charge on any atom is 0.312 e. The molecule has 156 valence electrons. The molecule has 0 N–H and O–H groups in total. The van der Waals surface area contributed by atoms with Gasteiger partial charge in [-0.3, -0.25) is 4.79 Å². The van der Waals surface area contributed by atoms with Gasteiger partial charge in [-0.25, -0.2) is 0 Å². The Labute approximate surface area is 170 Å². The zero-order chi connectivity index (χ0) is 20.9. The van der Waals surface area contributed by atoms with Gasteiger partial charge in [0, 0.05) is 12.6 Å². The van der Waals surface area contributed by atoms with Gasteiger partial charge in [0.25, 0.3) is 10.0 Å². The molecule has 0 atom stereocenters. The Morgan fingerprint density at radius 1 is 1.28 bits per heavy atom. The first-order valence-corrected chi connectivity index (χ1v) is 11.1. The smallest absolute Gasteiger partial charge is 0.312 e. The quantitative estimate of drug-likeness (QED) is 0.481. The second-order valence-corrected chi connectivity index (χ2v) is 8.92. The van der Waals surface area contributed by atoms with Crippen molar-refractivity contribution < 1.29 is 22.7 Å². The second kappa shape index (κ2) is 8.77. The maximum absolute atomic E-state index is 13.4. The number of rotatable bonds is 8. The van der Waals surface area contributed by atoms with E-state index in [2.05, 4.69) is 5.10 Å². The van der Waals surface area contributed by atoms with E-state index < -0.39 is 21.5 Å². The summed E-state index contributed by atoms with van der Waals surface area (Å²) in [7, 11) is -3.86. The molecule has 0 saturated heterocycles. The average molecular weight is 420 g/mol. The van der Waals surface area contributed by atoms with E-state index in [4.69, 9.17) is 4.74 Å². The third-order valence-electron chi connectivity index (χ3n) is 5.39. The van der Waals surface area contributed by atoms with Gasteiger partial charge in [0.05, 0.1) is 29.2 Å². The molecule has 2 aromatic rings. The molecule has 0 bridgehead atoms. The molecule has 1 aromatic carbocycles. The lowest BCUT2D eigenvalue weighted by atomic mass is 9.70. The Bertz CT molecular complexity index is 920. The second-order valence-electron chi connectivity index (χ2n) is 7.12. The van der Waals surface area contributed by atoms with Gasteiger partial charge in [0.15, 0.2) is 0 Å². The summed E-state index contributed by atoms with van der Waals surface area (Å²) < 4.78 is 33.2. The number of carbonyl (C=O) groups is 2. The number of ether oxygens (including phenoxy) is 1. The molecular weight excluding hydrogens is 394 g/mol. The van der Waals surface area contributed by atoms with Crippen molar-refractivity contribution in [3.8, 4) is 0 Å². The Kier molecular flexibility index (Phi) is 6.36. The molecule has 8 nitrogen and oxygen atoms in total. The van der Waals surface area contributed by atoms with Crippen LogP contribution in [-0.2, 0) is 24.3 Å². The van der Waals surface area contributed by atoms with Crippen LogP contribution in [-0.4, -0.2) is 43.2 Å². The largest absolute Gasteiger partial charge is 0.466 e. The fraction of sp³-hybridized carbons (Fsp3) is 0.450. The van der Waals surface area contributed by atoms with Gasteiger partial charge in [0.2, 0.25) is 0 Å². The van der Waals surface area contributed by atoms with Crippen molar-refractivity contribution in [1.29, 1.82) is 0 Å². The van der Waals surface area contributed by atoms with Crippen LogP contribution < -0.4 is 4.41 Å². The molecule has 0 spiro atoms. The molecule has 3 rings (SSSR count). The van der Waals surface area contributed by atoms with Crippen molar-refractivity contribution in [3.05, 3.63) is 48.8 Å². The third-order valence-corrected chi connectivity index (χ3v) is 7.21. The van der Waals surface area contributed by atoms with Crippen molar-refractivity contribution in [3.63, 3.8) is 0 Å². The lowest BCUT2D eigenvalue weighted by Gasteiger charge is -2.41. The normalized spacial score (nSPS) is 22.0. The third kappa shape index (κ3) is 4.19. The number of aromatic nitrogens is 2. The molecule has 1 fully saturated rings. The summed E-state index contributed by atoms with van der Waals surface area (Å²) in [4.78, 5) is 25.2. The van der Waals surface area contributed by atoms with Crippen LogP contribution in [0, 0.1) is 5.41 Å². The zero-order valence-electron chi connectivity index (χ0n) is 16.3. The van der Waals surface area contributed by atoms with E-state index in [0.29, 0.717) is 25.7 Å². The molecule has 1 aliphatic rings. The first-order chi connectivity index (χ1) is 13.9. The average Bonchev–Trinajstić information content (AvgIpc) is 3.24. The molecule has 1 aromatic heterocycles.